The van der Waals surface area contributed by atoms with Crippen LogP contribution in [0.25, 0.3) is 0 Å². The fraction of sp³-hybridized carbons (Fsp3) is 0.500. The molecule has 1 aromatic carbocycles. The second kappa shape index (κ2) is 9.90. The number of aromatic nitrogens is 2. The smallest absolute Gasteiger partial charge is 0.338 e. The molecule has 0 aliphatic carbocycles. The fourth-order valence-corrected chi connectivity index (χ4v) is 4.16. The van der Waals surface area contributed by atoms with Crippen LogP contribution < -0.4 is 4.72 Å². The molecule has 0 radical (unpaired) electrons. The van der Waals surface area contributed by atoms with Gasteiger partial charge in [-0.25, -0.2) is 14.8 Å². The van der Waals surface area contributed by atoms with Crippen LogP contribution in [0.15, 0.2) is 41.6 Å². The first-order valence-corrected chi connectivity index (χ1v) is 11.3. The van der Waals surface area contributed by atoms with Crippen LogP contribution in [0.2, 0.25) is 0 Å². The fourth-order valence-electron chi connectivity index (χ4n) is 3.57. The highest BCUT2D eigenvalue weighted by Gasteiger charge is 2.37. The molecule has 8 heteroatoms. The van der Waals surface area contributed by atoms with Crippen LogP contribution in [0.4, 0.5) is 5.95 Å². The molecule has 0 spiro atoms. The molecule has 1 aromatic heterocycles. The van der Waals surface area contributed by atoms with Crippen LogP contribution in [-0.4, -0.2) is 32.6 Å². The van der Waals surface area contributed by atoms with E-state index in [1.54, 1.807) is 0 Å². The Hall–Kier alpha value is -2.61. The zero-order valence-electron chi connectivity index (χ0n) is 19.9. The lowest BCUT2D eigenvalue weighted by molar-refractivity contribution is -0.167. The van der Waals surface area contributed by atoms with Crippen molar-refractivity contribution in [2.24, 2.45) is 10.8 Å². The van der Waals surface area contributed by atoms with E-state index in [0.717, 1.165) is 11.3 Å². The molecule has 1 heterocycles. The van der Waals surface area contributed by atoms with Gasteiger partial charge in [0.1, 0.15) is 5.60 Å². The Labute approximate surface area is 194 Å². The molecule has 7 nitrogen and oxygen atoms in total. The van der Waals surface area contributed by atoms with Gasteiger partial charge in [-0.2, -0.15) is 0 Å². The summed E-state index contributed by atoms with van der Waals surface area (Å²) in [7, 11) is 0. The SMILES string of the molecule is CC(C)(Cc1ccc(SNc2ncc(C(=O)O)cn2)cc1)CC(C)(C)C(=O)OC(C)(C)C. The molecule has 0 fully saturated rings. The topological polar surface area (TPSA) is 101 Å². The van der Waals surface area contributed by atoms with Gasteiger partial charge < -0.3 is 9.84 Å². The van der Waals surface area contributed by atoms with Crippen molar-refractivity contribution in [3.63, 3.8) is 0 Å². The van der Waals surface area contributed by atoms with Crippen molar-refractivity contribution in [1.29, 1.82) is 0 Å². The lowest BCUT2D eigenvalue weighted by atomic mass is 9.72. The lowest BCUT2D eigenvalue weighted by Crippen LogP contribution is -2.37. The quantitative estimate of drug-likeness (QED) is 0.368. The summed E-state index contributed by atoms with van der Waals surface area (Å²) in [5.41, 5.74) is 0.0621. The molecule has 2 aromatic rings. The monoisotopic (exact) mass is 459 g/mol. The van der Waals surface area contributed by atoms with E-state index in [1.165, 1.54) is 29.9 Å². The number of rotatable bonds is 9. The number of carboxylic acid groups (broad SMARTS) is 1. The number of carboxylic acids is 1. The summed E-state index contributed by atoms with van der Waals surface area (Å²) in [6.45, 7) is 13.9. The van der Waals surface area contributed by atoms with Gasteiger partial charge in [0.25, 0.3) is 0 Å². The zero-order chi connectivity index (χ0) is 24.2. The van der Waals surface area contributed by atoms with E-state index in [9.17, 15) is 9.59 Å². The van der Waals surface area contributed by atoms with E-state index in [-0.39, 0.29) is 16.9 Å². The number of aromatic carboxylic acids is 1. The summed E-state index contributed by atoms with van der Waals surface area (Å²) in [4.78, 5) is 32.4. The molecule has 174 valence electrons. The Balaban J connectivity index is 1.94. The van der Waals surface area contributed by atoms with Crippen LogP contribution in [0.5, 0.6) is 0 Å². The minimum absolute atomic E-state index is 0.0439. The van der Waals surface area contributed by atoms with Crippen LogP contribution >= 0.6 is 11.9 Å². The first kappa shape index (κ1) is 25.6. The maximum atomic E-state index is 12.6. The van der Waals surface area contributed by atoms with Gasteiger partial charge in [-0.3, -0.25) is 9.52 Å². The number of nitrogens with zero attached hydrogens (tertiary/aromatic N) is 2. The molecule has 0 aliphatic rings. The predicted molar refractivity (Wildman–Crippen MR) is 127 cm³/mol. The van der Waals surface area contributed by atoms with Gasteiger partial charge >= 0.3 is 11.9 Å². The highest BCUT2D eigenvalue weighted by Crippen LogP contribution is 2.38. The van der Waals surface area contributed by atoms with Crippen molar-refractivity contribution in [2.75, 3.05) is 4.72 Å². The first-order valence-electron chi connectivity index (χ1n) is 10.5. The third-order valence-corrected chi connectivity index (χ3v) is 5.43. The predicted octanol–water partition coefficient (Wildman–Crippen LogP) is 5.62. The molecule has 0 bridgehead atoms. The van der Waals surface area contributed by atoms with E-state index >= 15 is 0 Å². The third-order valence-electron chi connectivity index (χ3n) is 4.64. The van der Waals surface area contributed by atoms with Crippen LogP contribution in [0, 0.1) is 10.8 Å². The summed E-state index contributed by atoms with van der Waals surface area (Å²) in [6.07, 6.45) is 4.07. The van der Waals surface area contributed by atoms with E-state index in [1.807, 2.05) is 46.8 Å². The van der Waals surface area contributed by atoms with E-state index < -0.39 is 17.0 Å². The van der Waals surface area contributed by atoms with Gasteiger partial charge in [0.15, 0.2) is 0 Å². The molecule has 0 saturated heterocycles. The zero-order valence-corrected chi connectivity index (χ0v) is 20.7. The number of carbonyl (C=O) groups is 2. The summed E-state index contributed by atoms with van der Waals surface area (Å²) >= 11 is 1.35. The van der Waals surface area contributed by atoms with Crippen LogP contribution in [0.3, 0.4) is 0 Å². The summed E-state index contributed by atoms with van der Waals surface area (Å²) in [5.74, 6) is -0.888. The Bertz CT molecular complexity index is 933. The van der Waals surface area contributed by atoms with Crippen molar-refractivity contribution in [3.8, 4) is 0 Å². The molecular formula is C24H33N3O4S. The Morgan fingerprint density at radius 2 is 1.56 bits per heavy atom. The standard InChI is InChI=1S/C24H33N3O4S/c1-22(2,3)31-20(30)24(6,7)15-23(4,5)12-16-8-10-18(11-9-16)32-27-21-25-13-17(14-26-21)19(28)29/h8-11,13-14H,12,15H2,1-7H3,(H,28,29)(H,25,26,27). The molecule has 0 saturated carbocycles. The minimum Gasteiger partial charge on any atom is -0.478 e. The summed E-state index contributed by atoms with van der Waals surface area (Å²) in [6, 6.07) is 8.16. The number of anilines is 1. The second-order valence-electron chi connectivity index (χ2n) is 10.4. The molecule has 0 unspecified atom stereocenters. The first-order chi connectivity index (χ1) is 14.7. The molecule has 32 heavy (non-hydrogen) atoms. The van der Waals surface area contributed by atoms with Crippen molar-refractivity contribution in [3.05, 3.63) is 47.8 Å². The summed E-state index contributed by atoms with van der Waals surface area (Å²) < 4.78 is 8.61. The van der Waals surface area contributed by atoms with Crippen molar-refractivity contribution in [1.82, 2.24) is 9.97 Å². The average Bonchev–Trinajstić information content (AvgIpc) is 2.65. The molecule has 0 aliphatic heterocycles. The number of ether oxygens (including phenoxy) is 1. The van der Waals surface area contributed by atoms with Gasteiger partial charge in [-0.05, 0) is 82.5 Å². The molecule has 0 amide bonds. The number of esters is 1. The molecular weight excluding hydrogens is 426 g/mol. The number of hydrogen-bond donors (Lipinski definition) is 2. The van der Waals surface area contributed by atoms with Crippen molar-refractivity contribution in [2.45, 2.75) is 71.8 Å². The highest BCUT2D eigenvalue weighted by molar-refractivity contribution is 8.00. The second-order valence-corrected chi connectivity index (χ2v) is 11.2. The van der Waals surface area contributed by atoms with Crippen molar-refractivity contribution < 1.29 is 19.4 Å². The average molecular weight is 460 g/mol. The molecule has 2 rings (SSSR count). The van der Waals surface area contributed by atoms with Crippen LogP contribution in [0.1, 0.15) is 70.8 Å². The van der Waals surface area contributed by atoms with Gasteiger partial charge in [-0.1, -0.05) is 26.0 Å². The summed E-state index contributed by atoms with van der Waals surface area (Å²) in [5, 5.41) is 8.90. The van der Waals surface area contributed by atoms with E-state index in [2.05, 4.69) is 40.7 Å². The third kappa shape index (κ3) is 8.15. The largest absolute Gasteiger partial charge is 0.478 e. The maximum absolute atomic E-state index is 12.6. The highest BCUT2D eigenvalue weighted by atomic mass is 32.2. The molecule has 2 N–H and O–H groups in total. The van der Waals surface area contributed by atoms with Gasteiger partial charge in [0, 0.05) is 17.3 Å². The maximum Gasteiger partial charge on any atom is 0.338 e. The lowest BCUT2D eigenvalue weighted by Gasteiger charge is -2.35. The van der Waals surface area contributed by atoms with Gasteiger partial charge in [-0.15, -0.1) is 0 Å². The Morgan fingerprint density at radius 1 is 1.00 bits per heavy atom. The van der Waals surface area contributed by atoms with Gasteiger partial charge in [0.05, 0.1) is 11.0 Å². The van der Waals surface area contributed by atoms with Crippen molar-refractivity contribution >= 4 is 29.8 Å². The molecule has 0 atom stereocenters. The minimum atomic E-state index is -1.06. The van der Waals surface area contributed by atoms with E-state index in [4.69, 9.17) is 9.84 Å². The van der Waals surface area contributed by atoms with E-state index in [0.29, 0.717) is 12.4 Å². The normalized spacial score (nSPS) is 12.3. The number of carbonyl (C=O) groups excluding carboxylic acids is 1. The Kier molecular flexibility index (Phi) is 7.93. The number of benzene rings is 1. The number of hydrogen-bond acceptors (Lipinski definition) is 7. The number of nitrogens with one attached hydrogen (secondary N) is 1. The Morgan fingerprint density at radius 3 is 2.06 bits per heavy atom. The van der Waals surface area contributed by atoms with Crippen LogP contribution in [-0.2, 0) is 16.0 Å². The van der Waals surface area contributed by atoms with Gasteiger partial charge in [0.2, 0.25) is 5.95 Å².